The Hall–Kier alpha value is -3.61. The van der Waals surface area contributed by atoms with Crippen molar-refractivity contribution in [1.29, 1.82) is 5.26 Å². The van der Waals surface area contributed by atoms with Crippen LogP contribution in [0.1, 0.15) is 5.56 Å². The molecule has 0 aliphatic carbocycles. The fourth-order valence-corrected chi connectivity index (χ4v) is 3.48. The number of hydrogen-bond acceptors (Lipinski definition) is 7. The number of pyridine rings is 2. The van der Waals surface area contributed by atoms with Crippen LogP contribution < -0.4 is 22.7 Å². The summed E-state index contributed by atoms with van der Waals surface area (Å²) in [5.74, 6) is 11.1. The number of hydrogen-bond donors (Lipinski definition) is 4. The van der Waals surface area contributed by atoms with Crippen LogP contribution in [0.2, 0.25) is 0 Å². The van der Waals surface area contributed by atoms with E-state index in [9.17, 15) is 10.1 Å². The highest BCUT2D eigenvalue weighted by molar-refractivity contribution is 8.00. The molecule has 0 spiro atoms. The number of nitrogens with zero attached hydrogens (tertiary/aromatic N) is 3. The molecule has 0 unspecified atom stereocenters. The van der Waals surface area contributed by atoms with Gasteiger partial charge in [-0.25, -0.2) is 5.84 Å². The van der Waals surface area contributed by atoms with Gasteiger partial charge in [-0.1, -0.05) is 48.2 Å². The van der Waals surface area contributed by atoms with Crippen molar-refractivity contribution in [2.45, 2.75) is 5.03 Å². The number of hydrazone groups is 1. The van der Waals surface area contributed by atoms with Crippen LogP contribution in [0.15, 0.2) is 69.6 Å². The van der Waals surface area contributed by atoms with Crippen LogP contribution in [-0.2, 0) is 0 Å². The average Bonchev–Trinajstić information content (AvgIpc) is 2.75. The number of nitrogens with two attached hydrogens (primary N) is 2. The van der Waals surface area contributed by atoms with E-state index in [-0.39, 0.29) is 11.3 Å². The molecule has 3 aromatic rings. The van der Waals surface area contributed by atoms with Gasteiger partial charge in [0.1, 0.15) is 11.9 Å². The van der Waals surface area contributed by atoms with Crippen LogP contribution >= 0.6 is 11.8 Å². The maximum absolute atomic E-state index is 12.1. The lowest BCUT2D eigenvalue weighted by Crippen LogP contribution is -2.33. The summed E-state index contributed by atoms with van der Waals surface area (Å²) < 4.78 is 0. The second-order valence-corrected chi connectivity index (χ2v) is 6.66. The van der Waals surface area contributed by atoms with Crippen molar-refractivity contribution in [3.05, 3.63) is 70.6 Å². The molecule has 3 rings (SSSR count). The van der Waals surface area contributed by atoms with E-state index in [0.717, 1.165) is 11.3 Å². The van der Waals surface area contributed by atoms with Gasteiger partial charge < -0.3 is 16.3 Å². The first-order valence-corrected chi connectivity index (χ1v) is 9.20. The van der Waals surface area contributed by atoms with E-state index in [1.54, 1.807) is 6.20 Å². The number of thioether (sulfide) groups is 1. The first-order chi connectivity index (χ1) is 13.7. The molecule has 0 amide bonds. The van der Waals surface area contributed by atoms with Crippen LogP contribution in [0, 0.1) is 11.3 Å². The zero-order valence-electron chi connectivity index (χ0n) is 14.7. The second kappa shape index (κ2) is 8.85. The maximum atomic E-state index is 12.1. The first-order valence-electron chi connectivity index (χ1n) is 8.21. The van der Waals surface area contributed by atoms with E-state index >= 15 is 0 Å². The monoisotopic (exact) mass is 391 g/mol. The summed E-state index contributed by atoms with van der Waals surface area (Å²) in [4.78, 5) is 19.3. The molecule has 0 bridgehead atoms. The Bertz CT molecular complexity index is 1090. The molecule has 0 aliphatic heterocycles. The molecule has 2 aromatic heterocycles. The molecule has 28 heavy (non-hydrogen) atoms. The molecule has 140 valence electrons. The highest BCUT2D eigenvalue weighted by Crippen LogP contribution is 2.29. The van der Waals surface area contributed by atoms with E-state index in [2.05, 4.69) is 26.6 Å². The predicted octanol–water partition coefficient (Wildman–Crippen LogP) is 1.80. The lowest BCUT2D eigenvalue weighted by molar-refractivity contribution is 0.996. The van der Waals surface area contributed by atoms with E-state index < -0.39 is 0 Å². The molecule has 2 heterocycles. The number of nitrogens with one attached hydrogen (secondary N) is 2. The number of hydrazine groups is 1. The van der Waals surface area contributed by atoms with Gasteiger partial charge in [-0.3, -0.25) is 9.78 Å². The Balaban J connectivity index is 1.98. The highest BCUT2D eigenvalue weighted by atomic mass is 32.2. The molecular weight excluding hydrogens is 374 g/mol. The molecule has 0 atom stereocenters. The number of benzene rings is 1. The summed E-state index contributed by atoms with van der Waals surface area (Å²) in [6.45, 7) is 0. The topological polar surface area (TPSA) is 146 Å². The maximum Gasteiger partial charge on any atom is 0.249 e. The summed E-state index contributed by atoms with van der Waals surface area (Å²) >= 11 is 1.20. The summed E-state index contributed by atoms with van der Waals surface area (Å²) in [6, 6.07) is 17.0. The molecule has 0 fully saturated rings. The van der Waals surface area contributed by atoms with Gasteiger partial charge in [0.2, 0.25) is 5.56 Å². The van der Waals surface area contributed by atoms with Crippen molar-refractivity contribution in [3.8, 4) is 28.5 Å². The SMILES string of the molecule is N#Cc1c(-c2ccc(-c3ccccc3)nc2)cc(=O)[nH]c1SC/C(=N/N)NN. The number of aromatic nitrogens is 2. The normalized spacial score (nSPS) is 11.1. The Kier molecular flexibility index (Phi) is 6.06. The molecular formula is C19H17N7OS. The molecule has 8 nitrogen and oxygen atoms in total. The van der Waals surface area contributed by atoms with E-state index in [1.807, 2.05) is 42.5 Å². The van der Waals surface area contributed by atoms with Crippen molar-refractivity contribution in [2.24, 2.45) is 16.8 Å². The number of amidine groups is 1. The minimum Gasteiger partial charge on any atom is -0.322 e. The largest absolute Gasteiger partial charge is 0.322 e. The van der Waals surface area contributed by atoms with Crippen molar-refractivity contribution < 1.29 is 0 Å². The molecule has 0 saturated carbocycles. The Morgan fingerprint density at radius 3 is 2.64 bits per heavy atom. The van der Waals surface area contributed by atoms with Crippen LogP contribution in [0.5, 0.6) is 0 Å². The lowest BCUT2D eigenvalue weighted by atomic mass is 10.0. The standard InChI is InChI=1S/C19H17N7OS/c20-9-15-14(8-18(27)24-19(15)28-11-17(25-21)26-22)13-6-7-16(23-10-13)12-4-2-1-3-5-12/h1-8,10H,11,21-22H2,(H,24,27)(H,25,26). The van der Waals surface area contributed by atoms with Crippen molar-refractivity contribution >= 4 is 17.6 Å². The summed E-state index contributed by atoms with van der Waals surface area (Å²) in [5.41, 5.74) is 5.35. The van der Waals surface area contributed by atoms with Crippen molar-refractivity contribution in [3.63, 3.8) is 0 Å². The summed E-state index contributed by atoms with van der Waals surface area (Å²) in [6.07, 6.45) is 1.65. The second-order valence-electron chi connectivity index (χ2n) is 5.67. The first kappa shape index (κ1) is 19.2. The number of rotatable bonds is 5. The van der Waals surface area contributed by atoms with Gasteiger partial charge in [0.05, 0.1) is 22.0 Å². The fourth-order valence-electron chi connectivity index (χ4n) is 2.57. The van der Waals surface area contributed by atoms with Crippen LogP contribution in [0.4, 0.5) is 0 Å². The van der Waals surface area contributed by atoms with Gasteiger partial charge in [0.15, 0.2) is 0 Å². The summed E-state index contributed by atoms with van der Waals surface area (Å²) in [7, 11) is 0. The van der Waals surface area contributed by atoms with E-state index in [1.165, 1.54) is 17.8 Å². The number of nitriles is 1. The van der Waals surface area contributed by atoms with Crippen molar-refractivity contribution in [2.75, 3.05) is 5.75 Å². The highest BCUT2D eigenvalue weighted by Gasteiger charge is 2.14. The Morgan fingerprint density at radius 2 is 2.04 bits per heavy atom. The fraction of sp³-hybridized carbons (Fsp3) is 0.0526. The van der Waals surface area contributed by atoms with Crippen LogP contribution in [-0.4, -0.2) is 21.6 Å². The predicted molar refractivity (Wildman–Crippen MR) is 110 cm³/mol. The minimum absolute atomic E-state index is 0.270. The van der Waals surface area contributed by atoms with Gasteiger partial charge in [-0.2, -0.15) is 10.4 Å². The third kappa shape index (κ3) is 4.20. The summed E-state index contributed by atoms with van der Waals surface area (Å²) in [5, 5.41) is 13.6. The van der Waals surface area contributed by atoms with Crippen molar-refractivity contribution in [1.82, 2.24) is 15.4 Å². The molecule has 0 radical (unpaired) electrons. The zero-order valence-corrected chi connectivity index (χ0v) is 15.5. The van der Waals surface area contributed by atoms with Gasteiger partial charge in [-0.05, 0) is 6.07 Å². The lowest BCUT2D eigenvalue weighted by Gasteiger charge is -2.10. The van der Waals surface area contributed by atoms with E-state index in [4.69, 9.17) is 11.7 Å². The van der Waals surface area contributed by atoms with Gasteiger partial charge in [-0.15, -0.1) is 0 Å². The minimum atomic E-state index is -0.324. The third-order valence-electron chi connectivity index (χ3n) is 3.94. The van der Waals surface area contributed by atoms with Gasteiger partial charge in [0, 0.05) is 29.0 Å². The Labute approximate surface area is 165 Å². The smallest absolute Gasteiger partial charge is 0.249 e. The molecule has 0 saturated heterocycles. The third-order valence-corrected chi connectivity index (χ3v) is 4.95. The van der Waals surface area contributed by atoms with Gasteiger partial charge in [0.25, 0.3) is 0 Å². The van der Waals surface area contributed by atoms with E-state index in [0.29, 0.717) is 27.6 Å². The molecule has 0 aliphatic rings. The molecule has 6 N–H and O–H groups in total. The molecule has 9 heteroatoms. The van der Waals surface area contributed by atoms with Crippen LogP contribution in [0.25, 0.3) is 22.4 Å². The average molecular weight is 391 g/mol. The van der Waals surface area contributed by atoms with Crippen LogP contribution in [0.3, 0.4) is 0 Å². The molecule has 1 aromatic carbocycles. The number of H-pyrrole nitrogens is 1. The zero-order chi connectivity index (χ0) is 19.9. The van der Waals surface area contributed by atoms with Gasteiger partial charge >= 0.3 is 0 Å². The Morgan fingerprint density at radius 1 is 1.25 bits per heavy atom. The number of aromatic amines is 1. The quantitative estimate of drug-likeness (QED) is 0.170.